The van der Waals surface area contributed by atoms with Gasteiger partial charge in [0.2, 0.25) is 0 Å². The van der Waals surface area contributed by atoms with Crippen molar-refractivity contribution in [2.24, 2.45) is 5.92 Å². The van der Waals surface area contributed by atoms with Gasteiger partial charge < -0.3 is 0 Å². The summed E-state index contributed by atoms with van der Waals surface area (Å²) in [5.74, 6) is -2.63. The van der Waals surface area contributed by atoms with Crippen molar-refractivity contribution in [3.63, 3.8) is 0 Å². The summed E-state index contributed by atoms with van der Waals surface area (Å²) in [4.78, 5) is 14.1. The molecular weight excluding hydrogens is 500 g/mol. The van der Waals surface area contributed by atoms with E-state index in [0.29, 0.717) is 28.9 Å². The van der Waals surface area contributed by atoms with E-state index in [1.165, 1.54) is 0 Å². The molecule has 0 N–H and O–H groups in total. The molecule has 1 unspecified atom stereocenters. The minimum atomic E-state index is -3.12. The Morgan fingerprint density at radius 1 is 0.700 bits per heavy atom. The number of allylic oxidation sites excluding steroid dienone is 4. The van der Waals surface area contributed by atoms with Crippen LogP contribution in [0.5, 0.6) is 0 Å². The number of halogens is 2. The van der Waals surface area contributed by atoms with Gasteiger partial charge >= 0.3 is 0 Å². The fourth-order valence-electron chi connectivity index (χ4n) is 5.75. The maximum absolute atomic E-state index is 16.1. The molecule has 2 heterocycles. The summed E-state index contributed by atoms with van der Waals surface area (Å²) >= 11 is 0. The molecule has 0 aliphatic heterocycles. The minimum Gasteiger partial charge on any atom is -0.257 e. The summed E-state index contributed by atoms with van der Waals surface area (Å²) in [6.07, 6.45) is 3.90. The van der Waals surface area contributed by atoms with Crippen LogP contribution in [0.2, 0.25) is 0 Å². The van der Waals surface area contributed by atoms with E-state index in [1.54, 1.807) is 18.3 Å². The molecule has 0 bridgehead atoms. The second-order valence-corrected chi connectivity index (χ2v) is 10.3. The van der Waals surface area contributed by atoms with Crippen LogP contribution in [0, 0.1) is 5.92 Å². The average molecular weight is 526 g/mol. The Hall–Kier alpha value is -4.77. The molecule has 2 aliphatic rings. The zero-order chi connectivity index (χ0) is 27.3. The molecule has 2 aliphatic carbocycles. The molecule has 0 amide bonds. The predicted molar refractivity (Wildman–Crippen MR) is 155 cm³/mol. The van der Waals surface area contributed by atoms with Gasteiger partial charge in [0.25, 0.3) is 5.92 Å². The van der Waals surface area contributed by atoms with E-state index in [1.807, 2.05) is 97.1 Å². The quantitative estimate of drug-likeness (QED) is 0.235. The maximum atomic E-state index is 16.1. The Kier molecular flexibility index (Phi) is 5.74. The number of rotatable bonds is 4. The van der Waals surface area contributed by atoms with Crippen LogP contribution >= 0.6 is 0 Å². The number of alkyl halides is 2. The van der Waals surface area contributed by atoms with Crippen LogP contribution in [0.25, 0.3) is 45.0 Å². The zero-order valence-electron chi connectivity index (χ0n) is 21.9. The molecule has 0 saturated heterocycles. The van der Waals surface area contributed by atoms with E-state index in [0.717, 1.165) is 33.8 Å². The van der Waals surface area contributed by atoms with Crippen LogP contribution in [0.3, 0.4) is 0 Å². The van der Waals surface area contributed by atoms with Crippen molar-refractivity contribution in [3.05, 3.63) is 138 Å². The van der Waals surface area contributed by atoms with Gasteiger partial charge in [0.05, 0.1) is 17.1 Å². The Bertz CT molecular complexity index is 1740. The number of aromatic nitrogens is 3. The minimum absolute atomic E-state index is 0.00990. The Morgan fingerprint density at radius 3 is 1.98 bits per heavy atom. The van der Waals surface area contributed by atoms with Gasteiger partial charge in [-0.05, 0) is 59.4 Å². The Labute approximate surface area is 231 Å². The van der Waals surface area contributed by atoms with Gasteiger partial charge in [-0.2, -0.15) is 8.78 Å². The maximum Gasteiger partial charge on any atom is 0.299 e. The molecule has 3 nitrogen and oxygen atoms in total. The number of pyridine rings is 1. The molecule has 40 heavy (non-hydrogen) atoms. The number of hydrogen-bond donors (Lipinski definition) is 0. The first-order valence-electron chi connectivity index (χ1n) is 13.4. The molecule has 2 aromatic heterocycles. The van der Waals surface area contributed by atoms with Crippen molar-refractivity contribution in [2.75, 3.05) is 0 Å². The van der Waals surface area contributed by atoms with Crippen molar-refractivity contribution in [1.82, 2.24) is 15.0 Å². The summed E-state index contributed by atoms with van der Waals surface area (Å²) in [7, 11) is 0. The van der Waals surface area contributed by atoms with Crippen molar-refractivity contribution in [1.29, 1.82) is 0 Å². The fourth-order valence-corrected chi connectivity index (χ4v) is 5.75. The number of fused-ring (bicyclic) bond motifs is 2. The lowest BCUT2D eigenvalue weighted by atomic mass is 9.82. The van der Waals surface area contributed by atoms with Crippen molar-refractivity contribution >= 4 is 11.1 Å². The van der Waals surface area contributed by atoms with E-state index < -0.39 is 5.92 Å². The topological polar surface area (TPSA) is 38.7 Å². The van der Waals surface area contributed by atoms with Gasteiger partial charge in [-0.25, -0.2) is 9.97 Å². The van der Waals surface area contributed by atoms with Crippen molar-refractivity contribution in [2.45, 2.75) is 19.3 Å². The van der Waals surface area contributed by atoms with Gasteiger partial charge in [0, 0.05) is 34.0 Å². The van der Waals surface area contributed by atoms with Gasteiger partial charge in [0.15, 0.2) is 5.82 Å². The summed E-state index contributed by atoms with van der Waals surface area (Å²) in [6, 6.07) is 32.5. The third-order valence-electron chi connectivity index (χ3n) is 7.77. The molecule has 7 rings (SSSR count). The first-order chi connectivity index (χ1) is 19.5. The van der Waals surface area contributed by atoms with Crippen molar-refractivity contribution in [3.8, 4) is 33.9 Å². The lowest BCUT2D eigenvalue weighted by Gasteiger charge is -2.24. The second kappa shape index (κ2) is 9.45. The van der Waals surface area contributed by atoms with E-state index in [-0.39, 0.29) is 17.1 Å². The third-order valence-corrected chi connectivity index (χ3v) is 7.77. The standard InChI is InChI=1S/C35H25F2N3/c1-22-18-28-26-16-15-25(19-29(26)35(36,37)30(28)20-27(22)31-14-8-9-17-38-31)34-39-32(23-10-4-2-5-11-23)21-33(40-34)24-12-6-3-7-13-24/h2-17,19-22H,18H2,1H3. The third kappa shape index (κ3) is 4.06. The summed E-state index contributed by atoms with van der Waals surface area (Å²) in [5, 5.41) is 0. The molecular formula is C35H25F2N3. The SMILES string of the molecule is CC1CC2=C(C=C1c1ccccn1)C(F)(F)c1cc(-c3nc(-c4ccccc4)cc(-c4ccccc4)n3)ccc12. The smallest absolute Gasteiger partial charge is 0.257 e. The van der Waals surface area contributed by atoms with E-state index in [9.17, 15) is 0 Å². The highest BCUT2D eigenvalue weighted by Gasteiger charge is 2.47. The van der Waals surface area contributed by atoms with Crippen LogP contribution in [-0.2, 0) is 5.92 Å². The molecule has 5 heteroatoms. The number of hydrogen-bond acceptors (Lipinski definition) is 3. The Morgan fingerprint density at radius 2 is 1.35 bits per heavy atom. The second-order valence-electron chi connectivity index (χ2n) is 10.3. The summed E-state index contributed by atoms with van der Waals surface area (Å²) in [6.45, 7) is 2.07. The van der Waals surface area contributed by atoms with Gasteiger partial charge in [0.1, 0.15) is 0 Å². The fraction of sp³-hybridized carbons (Fsp3) is 0.114. The lowest BCUT2D eigenvalue weighted by molar-refractivity contribution is 0.0458. The molecule has 0 saturated carbocycles. The van der Waals surface area contributed by atoms with Crippen molar-refractivity contribution < 1.29 is 8.78 Å². The summed E-state index contributed by atoms with van der Waals surface area (Å²) in [5.41, 5.74) is 6.91. The van der Waals surface area contributed by atoms with Gasteiger partial charge in [-0.15, -0.1) is 0 Å². The molecule has 3 aromatic carbocycles. The molecule has 194 valence electrons. The highest BCUT2D eigenvalue weighted by Crippen LogP contribution is 2.55. The monoisotopic (exact) mass is 525 g/mol. The van der Waals surface area contributed by atoms with E-state index >= 15 is 8.78 Å². The first kappa shape index (κ1) is 24.3. The normalized spacial score (nSPS) is 17.3. The highest BCUT2D eigenvalue weighted by atomic mass is 19.3. The van der Waals surface area contributed by atoms with E-state index in [4.69, 9.17) is 9.97 Å². The first-order valence-corrected chi connectivity index (χ1v) is 13.4. The number of nitrogens with zero attached hydrogens (tertiary/aromatic N) is 3. The highest BCUT2D eigenvalue weighted by molar-refractivity contribution is 5.89. The molecule has 0 radical (unpaired) electrons. The van der Waals surface area contributed by atoms with Crippen LogP contribution < -0.4 is 0 Å². The molecule has 5 aromatic rings. The van der Waals surface area contributed by atoms with Crippen LogP contribution in [0.1, 0.15) is 30.2 Å². The largest absolute Gasteiger partial charge is 0.299 e. The average Bonchev–Trinajstić information content (AvgIpc) is 3.22. The molecule has 1 atom stereocenters. The van der Waals surface area contributed by atoms with Crippen LogP contribution in [-0.4, -0.2) is 15.0 Å². The number of benzene rings is 3. The Balaban J connectivity index is 1.34. The molecule has 0 fully saturated rings. The lowest BCUT2D eigenvalue weighted by Crippen LogP contribution is -2.15. The van der Waals surface area contributed by atoms with Crippen LogP contribution in [0.4, 0.5) is 8.78 Å². The molecule has 0 spiro atoms. The van der Waals surface area contributed by atoms with Gasteiger partial charge in [-0.1, -0.05) is 85.8 Å². The zero-order valence-corrected chi connectivity index (χ0v) is 21.9. The van der Waals surface area contributed by atoms with E-state index in [2.05, 4.69) is 11.9 Å². The van der Waals surface area contributed by atoms with Gasteiger partial charge in [-0.3, -0.25) is 4.98 Å². The van der Waals surface area contributed by atoms with Crippen LogP contribution in [0.15, 0.2) is 121 Å². The predicted octanol–water partition coefficient (Wildman–Crippen LogP) is 8.86. The summed E-state index contributed by atoms with van der Waals surface area (Å²) < 4.78 is 32.2.